The van der Waals surface area contributed by atoms with Gasteiger partial charge in [-0.1, -0.05) is 36.1 Å². The summed E-state index contributed by atoms with van der Waals surface area (Å²) in [4.78, 5) is 48.5. The number of hydrogen-bond acceptors (Lipinski definition) is 7. The molecule has 1 heterocycles. The van der Waals surface area contributed by atoms with Crippen molar-refractivity contribution in [1.29, 1.82) is 0 Å². The third kappa shape index (κ3) is 6.56. The second-order valence-corrected chi connectivity index (χ2v) is 8.00. The van der Waals surface area contributed by atoms with E-state index in [1.807, 2.05) is 0 Å². The summed E-state index contributed by atoms with van der Waals surface area (Å²) in [7, 11) is 1.56. The van der Waals surface area contributed by atoms with Gasteiger partial charge in [-0.15, -0.1) is 0 Å². The van der Waals surface area contributed by atoms with E-state index in [4.69, 9.17) is 27.8 Å². The number of aliphatic carboxylic acids is 1. The third-order valence-electron chi connectivity index (χ3n) is 4.16. The van der Waals surface area contributed by atoms with Gasteiger partial charge < -0.3 is 20.9 Å². The van der Waals surface area contributed by atoms with Crippen molar-refractivity contribution in [2.24, 2.45) is 5.73 Å². The average Bonchev–Trinajstić information content (AvgIpc) is 2.96. The predicted molar refractivity (Wildman–Crippen MR) is 115 cm³/mol. The summed E-state index contributed by atoms with van der Waals surface area (Å²) in [5, 5.41) is 11.5. The molecular weight excluding hydrogens is 430 g/mol. The molecule has 1 aliphatic rings. The van der Waals surface area contributed by atoms with Crippen molar-refractivity contribution in [3.8, 4) is 5.75 Å². The normalized spacial score (nSPS) is 15.9. The second kappa shape index (κ2) is 10.7. The monoisotopic (exact) mass is 451 g/mol. The van der Waals surface area contributed by atoms with Crippen LogP contribution in [0, 0.1) is 0 Å². The van der Waals surface area contributed by atoms with Crippen molar-refractivity contribution in [3.63, 3.8) is 0 Å². The molecule has 0 aliphatic carbocycles. The van der Waals surface area contributed by atoms with Gasteiger partial charge in [-0.05, 0) is 30.2 Å². The molecule has 9 nitrogen and oxygen atoms in total. The lowest BCUT2D eigenvalue weighted by molar-refractivity contribution is -0.142. The molecule has 3 amide bonds. The molecule has 0 aromatic heterocycles. The topological polar surface area (TPSA) is 139 Å². The van der Waals surface area contributed by atoms with Gasteiger partial charge in [-0.2, -0.15) is 0 Å². The lowest BCUT2D eigenvalue weighted by Crippen LogP contribution is -2.42. The molecule has 1 atom stereocenters. The smallest absolute Gasteiger partial charge is 0.326 e. The van der Waals surface area contributed by atoms with E-state index in [0.717, 1.165) is 17.3 Å². The number of benzene rings is 1. The first-order valence-electron chi connectivity index (χ1n) is 8.91. The number of carboxylic acid groups (broad SMARTS) is 1. The summed E-state index contributed by atoms with van der Waals surface area (Å²) in [6, 6.07) is 5.92. The van der Waals surface area contributed by atoms with Crippen molar-refractivity contribution < 1.29 is 29.0 Å². The van der Waals surface area contributed by atoms with Gasteiger partial charge in [0.25, 0.3) is 5.91 Å². The average molecular weight is 452 g/mol. The number of carbonyl (C=O) groups is 4. The number of thioether (sulfide) groups is 1. The van der Waals surface area contributed by atoms with E-state index < -0.39 is 23.8 Å². The molecule has 0 bridgehead atoms. The SMILES string of the molecule is COc1ccc(/C=C2\SC(=S)N(CCC(=O)NC(CCC(N)=O)C(=O)O)C2=O)cc1. The number of nitrogens with two attached hydrogens (primary N) is 1. The fourth-order valence-electron chi connectivity index (χ4n) is 2.57. The Morgan fingerprint density at radius 2 is 1.97 bits per heavy atom. The van der Waals surface area contributed by atoms with E-state index in [2.05, 4.69) is 5.32 Å². The first kappa shape index (κ1) is 23.4. The minimum atomic E-state index is -1.27. The highest BCUT2D eigenvalue weighted by Crippen LogP contribution is 2.32. The quantitative estimate of drug-likeness (QED) is 0.355. The van der Waals surface area contributed by atoms with Gasteiger partial charge in [0.05, 0.1) is 12.0 Å². The second-order valence-electron chi connectivity index (χ2n) is 6.32. The van der Waals surface area contributed by atoms with E-state index >= 15 is 0 Å². The number of rotatable bonds is 10. The van der Waals surface area contributed by atoms with E-state index in [0.29, 0.717) is 15.0 Å². The molecule has 1 fully saturated rings. The van der Waals surface area contributed by atoms with Crippen LogP contribution in [0.5, 0.6) is 5.75 Å². The van der Waals surface area contributed by atoms with Crippen LogP contribution in [-0.4, -0.2) is 57.7 Å². The largest absolute Gasteiger partial charge is 0.497 e. The van der Waals surface area contributed by atoms with Crippen molar-refractivity contribution >= 4 is 58.1 Å². The van der Waals surface area contributed by atoms with E-state index in [-0.39, 0.29) is 31.7 Å². The Bertz CT molecular complexity index is 885. The molecule has 0 spiro atoms. The molecule has 11 heteroatoms. The van der Waals surface area contributed by atoms with Crippen molar-refractivity contribution in [3.05, 3.63) is 34.7 Å². The first-order valence-corrected chi connectivity index (χ1v) is 10.1. The zero-order valence-electron chi connectivity index (χ0n) is 16.1. The molecule has 160 valence electrons. The van der Waals surface area contributed by atoms with Crippen LogP contribution in [0.25, 0.3) is 6.08 Å². The number of hydrogen-bond donors (Lipinski definition) is 3. The molecular formula is C19H21N3O6S2. The number of nitrogens with zero attached hydrogens (tertiary/aromatic N) is 1. The minimum Gasteiger partial charge on any atom is -0.497 e. The first-order chi connectivity index (χ1) is 14.2. The Balaban J connectivity index is 1.94. The predicted octanol–water partition coefficient (Wildman–Crippen LogP) is 1.12. The summed E-state index contributed by atoms with van der Waals surface area (Å²) < 4.78 is 5.41. The van der Waals surface area contributed by atoms with Crippen LogP contribution in [0.4, 0.5) is 0 Å². The molecule has 30 heavy (non-hydrogen) atoms. The van der Waals surface area contributed by atoms with Crippen molar-refractivity contribution in [2.45, 2.75) is 25.3 Å². The molecule has 1 saturated heterocycles. The highest BCUT2D eigenvalue weighted by molar-refractivity contribution is 8.26. The zero-order valence-corrected chi connectivity index (χ0v) is 17.8. The number of amides is 3. The lowest BCUT2D eigenvalue weighted by Gasteiger charge is -2.16. The van der Waals surface area contributed by atoms with Crippen LogP contribution in [0.2, 0.25) is 0 Å². The van der Waals surface area contributed by atoms with Gasteiger partial charge in [0, 0.05) is 19.4 Å². The van der Waals surface area contributed by atoms with E-state index in [1.54, 1.807) is 37.5 Å². The van der Waals surface area contributed by atoms with Gasteiger partial charge >= 0.3 is 5.97 Å². The van der Waals surface area contributed by atoms with Gasteiger partial charge in [0.2, 0.25) is 11.8 Å². The standard InChI is InChI=1S/C19H21N3O6S2/c1-28-12-4-2-11(3-5-12)10-14-17(25)22(19(29)30-14)9-8-16(24)21-13(18(26)27)6-7-15(20)23/h2-5,10,13H,6-9H2,1H3,(H2,20,23)(H,21,24)(H,26,27)/b14-10-. The molecule has 1 unspecified atom stereocenters. The highest BCUT2D eigenvalue weighted by atomic mass is 32.2. The Morgan fingerprint density at radius 3 is 2.53 bits per heavy atom. The van der Waals surface area contributed by atoms with Crippen LogP contribution in [-0.2, 0) is 19.2 Å². The number of carboxylic acids is 1. The summed E-state index contributed by atoms with van der Waals surface area (Å²) in [5.74, 6) is -2.12. The van der Waals surface area contributed by atoms with Crippen LogP contribution in [0.1, 0.15) is 24.8 Å². The maximum atomic E-state index is 12.6. The molecule has 4 N–H and O–H groups in total. The summed E-state index contributed by atoms with van der Waals surface area (Å²) in [6.45, 7) is 0.0125. The van der Waals surface area contributed by atoms with Crippen LogP contribution < -0.4 is 15.8 Å². The fraction of sp³-hybridized carbons (Fsp3) is 0.316. The number of carbonyl (C=O) groups excluding carboxylic acids is 3. The van der Waals surface area contributed by atoms with Gasteiger partial charge in [-0.25, -0.2) is 4.79 Å². The molecule has 1 aliphatic heterocycles. The molecule has 1 aromatic rings. The summed E-state index contributed by atoms with van der Waals surface area (Å²) in [6.07, 6.45) is 1.29. The summed E-state index contributed by atoms with van der Waals surface area (Å²) in [5.41, 5.74) is 5.81. The number of ether oxygens (including phenoxy) is 1. The van der Waals surface area contributed by atoms with E-state index in [9.17, 15) is 19.2 Å². The lowest BCUT2D eigenvalue weighted by atomic mass is 10.1. The molecule has 1 aromatic carbocycles. The molecule has 0 radical (unpaired) electrons. The Morgan fingerprint density at radius 1 is 1.30 bits per heavy atom. The van der Waals surface area contributed by atoms with Gasteiger partial charge in [0.1, 0.15) is 16.1 Å². The maximum Gasteiger partial charge on any atom is 0.326 e. The highest BCUT2D eigenvalue weighted by Gasteiger charge is 2.32. The maximum absolute atomic E-state index is 12.6. The zero-order chi connectivity index (χ0) is 22.3. The molecule has 0 saturated carbocycles. The van der Waals surface area contributed by atoms with Crippen molar-refractivity contribution in [1.82, 2.24) is 10.2 Å². The Labute approximate surface area is 182 Å². The Kier molecular flexibility index (Phi) is 8.36. The van der Waals surface area contributed by atoms with Gasteiger partial charge in [-0.3, -0.25) is 19.3 Å². The molecule has 2 rings (SSSR count). The van der Waals surface area contributed by atoms with E-state index in [1.165, 1.54) is 4.90 Å². The van der Waals surface area contributed by atoms with Crippen LogP contribution in [0.3, 0.4) is 0 Å². The fourth-order valence-corrected chi connectivity index (χ4v) is 3.88. The number of nitrogens with one attached hydrogen (secondary N) is 1. The van der Waals surface area contributed by atoms with Crippen LogP contribution in [0.15, 0.2) is 29.2 Å². The minimum absolute atomic E-state index is 0.0125. The Hall–Kier alpha value is -2.92. The third-order valence-corrected chi connectivity index (χ3v) is 5.54. The van der Waals surface area contributed by atoms with Crippen LogP contribution >= 0.6 is 24.0 Å². The van der Waals surface area contributed by atoms with Crippen molar-refractivity contribution in [2.75, 3.05) is 13.7 Å². The summed E-state index contributed by atoms with van der Waals surface area (Å²) >= 11 is 6.36. The number of thiocarbonyl (C=S) groups is 1. The van der Waals surface area contributed by atoms with Gasteiger partial charge in [0.15, 0.2) is 0 Å². The number of methoxy groups -OCH3 is 1. The number of primary amides is 1.